The lowest BCUT2D eigenvalue weighted by Gasteiger charge is -2.26. The van der Waals surface area contributed by atoms with Gasteiger partial charge in [0.2, 0.25) is 10.0 Å². The van der Waals surface area contributed by atoms with Crippen LogP contribution < -0.4 is 0 Å². The molecular formula is C14H19NO3S. The summed E-state index contributed by atoms with van der Waals surface area (Å²) >= 11 is 0. The van der Waals surface area contributed by atoms with Crippen LogP contribution in [0.5, 0.6) is 0 Å². The fourth-order valence-corrected chi connectivity index (χ4v) is 5.09. The molecule has 104 valence electrons. The maximum Gasteiger partial charge on any atom is 0.243 e. The van der Waals surface area contributed by atoms with Crippen molar-refractivity contribution in [2.75, 3.05) is 13.7 Å². The number of fused-ring (bicyclic) bond motifs is 2. The van der Waals surface area contributed by atoms with Gasteiger partial charge in [0.1, 0.15) is 0 Å². The van der Waals surface area contributed by atoms with Gasteiger partial charge in [-0.1, -0.05) is 17.7 Å². The van der Waals surface area contributed by atoms with Crippen molar-refractivity contribution in [3.63, 3.8) is 0 Å². The lowest BCUT2D eigenvalue weighted by atomic mass is 10.1. The molecule has 2 fully saturated rings. The number of rotatable bonds is 3. The third-order valence-corrected chi connectivity index (χ3v) is 6.27. The largest absolute Gasteiger partial charge is 0.379 e. The number of piperidine rings is 1. The van der Waals surface area contributed by atoms with Gasteiger partial charge in [-0.2, -0.15) is 4.31 Å². The van der Waals surface area contributed by atoms with E-state index in [4.69, 9.17) is 4.74 Å². The van der Waals surface area contributed by atoms with Crippen LogP contribution in [0.4, 0.5) is 0 Å². The SMILES string of the molecule is CO[C@@H]1[C@H]2CC[C@H]1N(S(=O)(=O)c1ccc(C)cc1)C2. The van der Waals surface area contributed by atoms with Gasteiger partial charge >= 0.3 is 0 Å². The monoisotopic (exact) mass is 281 g/mol. The molecule has 0 amide bonds. The van der Waals surface area contributed by atoms with Crippen LogP contribution in [0, 0.1) is 12.8 Å². The van der Waals surface area contributed by atoms with E-state index in [2.05, 4.69) is 0 Å². The van der Waals surface area contributed by atoms with Gasteiger partial charge in [0.15, 0.2) is 0 Å². The van der Waals surface area contributed by atoms with Gasteiger partial charge in [0.25, 0.3) is 0 Å². The van der Waals surface area contributed by atoms with Gasteiger partial charge in [0.05, 0.1) is 17.0 Å². The fraction of sp³-hybridized carbons (Fsp3) is 0.571. The molecule has 0 aromatic heterocycles. The van der Waals surface area contributed by atoms with Crippen molar-refractivity contribution in [1.82, 2.24) is 4.31 Å². The number of sulfonamides is 1. The third kappa shape index (κ3) is 2.00. The van der Waals surface area contributed by atoms with E-state index >= 15 is 0 Å². The molecule has 0 unspecified atom stereocenters. The van der Waals surface area contributed by atoms with E-state index in [0.717, 1.165) is 18.4 Å². The van der Waals surface area contributed by atoms with E-state index in [1.165, 1.54) is 0 Å². The number of methoxy groups -OCH3 is 1. The van der Waals surface area contributed by atoms with Crippen LogP contribution in [0.1, 0.15) is 18.4 Å². The molecule has 3 rings (SSSR count). The van der Waals surface area contributed by atoms with Crippen LogP contribution in [0.25, 0.3) is 0 Å². The highest BCUT2D eigenvalue weighted by molar-refractivity contribution is 7.89. The summed E-state index contributed by atoms with van der Waals surface area (Å²) in [7, 11) is -1.70. The molecule has 3 atom stereocenters. The van der Waals surface area contributed by atoms with Crippen LogP contribution >= 0.6 is 0 Å². The number of ether oxygens (including phenoxy) is 1. The van der Waals surface area contributed by atoms with Crippen molar-refractivity contribution in [3.8, 4) is 0 Å². The van der Waals surface area contributed by atoms with Gasteiger partial charge in [0, 0.05) is 19.6 Å². The minimum Gasteiger partial charge on any atom is -0.379 e. The molecule has 0 radical (unpaired) electrons. The smallest absolute Gasteiger partial charge is 0.243 e. The van der Waals surface area contributed by atoms with Gasteiger partial charge in [-0.15, -0.1) is 0 Å². The van der Waals surface area contributed by atoms with Crippen LogP contribution in [-0.2, 0) is 14.8 Å². The second kappa shape index (κ2) is 4.58. The molecule has 1 aliphatic carbocycles. The van der Waals surface area contributed by atoms with Crippen molar-refractivity contribution in [2.45, 2.75) is 36.8 Å². The first kappa shape index (κ1) is 13.1. The first-order valence-electron chi connectivity index (χ1n) is 6.65. The van der Waals surface area contributed by atoms with Crippen molar-refractivity contribution < 1.29 is 13.2 Å². The van der Waals surface area contributed by atoms with Crippen LogP contribution in [0.3, 0.4) is 0 Å². The molecule has 0 N–H and O–H groups in total. The molecule has 1 aromatic carbocycles. The highest BCUT2D eigenvalue weighted by Gasteiger charge is 2.51. The molecular weight excluding hydrogens is 262 g/mol. The molecule has 0 spiro atoms. The van der Waals surface area contributed by atoms with Crippen molar-refractivity contribution >= 4 is 10.0 Å². The quantitative estimate of drug-likeness (QED) is 0.848. The van der Waals surface area contributed by atoms with Crippen LogP contribution in [0.15, 0.2) is 29.2 Å². The molecule has 4 nitrogen and oxygen atoms in total. The maximum absolute atomic E-state index is 12.7. The minimum atomic E-state index is -3.38. The molecule has 1 aliphatic heterocycles. The first-order valence-corrected chi connectivity index (χ1v) is 8.09. The van der Waals surface area contributed by atoms with Crippen molar-refractivity contribution in [1.29, 1.82) is 0 Å². The second-order valence-corrected chi connectivity index (χ2v) is 7.38. The Bertz CT molecular complexity index is 567. The number of hydrogen-bond acceptors (Lipinski definition) is 3. The van der Waals surface area contributed by atoms with Crippen molar-refractivity contribution in [3.05, 3.63) is 29.8 Å². The summed E-state index contributed by atoms with van der Waals surface area (Å²) in [5.41, 5.74) is 1.07. The molecule has 2 bridgehead atoms. The van der Waals surface area contributed by atoms with E-state index in [9.17, 15) is 8.42 Å². The highest BCUT2D eigenvalue weighted by atomic mass is 32.2. The normalized spacial score (nSPS) is 30.9. The van der Waals surface area contributed by atoms with Crippen LogP contribution in [0.2, 0.25) is 0 Å². The summed E-state index contributed by atoms with van der Waals surface area (Å²) < 4.78 is 32.4. The lowest BCUT2D eigenvalue weighted by Crippen LogP contribution is -2.39. The molecule has 1 saturated heterocycles. The number of nitrogens with zero attached hydrogens (tertiary/aromatic N) is 1. The Hall–Kier alpha value is -0.910. The molecule has 1 saturated carbocycles. The fourth-order valence-electron chi connectivity index (χ4n) is 3.37. The number of benzene rings is 1. The Labute approximate surface area is 114 Å². The van der Waals surface area contributed by atoms with E-state index in [1.54, 1.807) is 23.5 Å². The Kier molecular flexibility index (Phi) is 3.15. The number of hydrogen-bond donors (Lipinski definition) is 0. The van der Waals surface area contributed by atoms with E-state index < -0.39 is 10.0 Å². The zero-order valence-electron chi connectivity index (χ0n) is 11.2. The minimum absolute atomic E-state index is 0.0151. The van der Waals surface area contributed by atoms with Gasteiger partial charge in [-0.05, 0) is 31.9 Å². The van der Waals surface area contributed by atoms with Crippen molar-refractivity contribution in [2.24, 2.45) is 5.92 Å². The third-order valence-electron chi connectivity index (χ3n) is 4.36. The molecule has 1 heterocycles. The summed E-state index contributed by atoms with van der Waals surface area (Å²) in [5, 5.41) is 0. The summed E-state index contributed by atoms with van der Waals surface area (Å²) in [6, 6.07) is 7.09. The zero-order chi connectivity index (χ0) is 13.6. The average Bonchev–Trinajstić information content (AvgIpc) is 2.96. The number of aryl methyl sites for hydroxylation is 1. The molecule has 1 aromatic rings. The van der Waals surface area contributed by atoms with Gasteiger partial charge < -0.3 is 4.74 Å². The van der Waals surface area contributed by atoms with E-state index in [0.29, 0.717) is 17.4 Å². The predicted molar refractivity (Wildman–Crippen MR) is 72.4 cm³/mol. The Morgan fingerprint density at radius 3 is 2.47 bits per heavy atom. The molecule has 5 heteroatoms. The second-order valence-electron chi connectivity index (χ2n) is 5.49. The van der Waals surface area contributed by atoms with E-state index in [1.807, 2.05) is 19.1 Å². The summed E-state index contributed by atoms with van der Waals surface area (Å²) in [5.74, 6) is 0.357. The van der Waals surface area contributed by atoms with Gasteiger partial charge in [-0.25, -0.2) is 8.42 Å². The lowest BCUT2D eigenvalue weighted by molar-refractivity contribution is 0.0786. The Balaban J connectivity index is 1.92. The van der Waals surface area contributed by atoms with Gasteiger partial charge in [-0.3, -0.25) is 0 Å². The summed E-state index contributed by atoms with van der Waals surface area (Å²) in [6.07, 6.45) is 2.05. The molecule has 19 heavy (non-hydrogen) atoms. The standard InChI is InChI=1S/C14H19NO3S/c1-10-3-6-12(7-4-10)19(16,17)15-9-11-5-8-13(15)14(11)18-2/h3-4,6-7,11,13-14H,5,8-9H2,1-2H3/t11-,13+,14+/m0/s1. The predicted octanol–water partition coefficient (Wildman–Crippen LogP) is 1.79. The van der Waals surface area contributed by atoms with Crippen LogP contribution in [-0.4, -0.2) is 38.5 Å². The Morgan fingerprint density at radius 1 is 1.21 bits per heavy atom. The first-order chi connectivity index (χ1) is 9.04. The summed E-state index contributed by atoms with van der Waals surface area (Å²) in [4.78, 5) is 0.389. The topological polar surface area (TPSA) is 46.6 Å². The average molecular weight is 281 g/mol. The highest BCUT2D eigenvalue weighted by Crippen LogP contribution is 2.42. The molecule has 2 aliphatic rings. The maximum atomic E-state index is 12.7. The zero-order valence-corrected chi connectivity index (χ0v) is 12.1. The summed E-state index contributed by atoms with van der Waals surface area (Å²) in [6.45, 7) is 2.55. The van der Waals surface area contributed by atoms with E-state index in [-0.39, 0.29) is 12.1 Å². The Morgan fingerprint density at radius 2 is 1.89 bits per heavy atom.